The highest BCUT2D eigenvalue weighted by Crippen LogP contribution is 2.39. The Labute approximate surface area is 165 Å². The van der Waals surface area contributed by atoms with Crippen molar-refractivity contribution in [1.29, 1.82) is 0 Å². The number of ether oxygens (including phenoxy) is 2. The standard InChI is InChI=1S/C17H15Cl3N2O4/c1-2-25-14-7-12(19)16(20)10(17(14)24)8-21-22-15(23)9-26-13-6-4-3-5-11(13)18/h3-8,24H,2,9H2,1H3,(H,22,23). The first-order valence-electron chi connectivity index (χ1n) is 7.47. The lowest BCUT2D eigenvalue weighted by molar-refractivity contribution is -0.123. The minimum absolute atomic E-state index is 0.0814. The highest BCUT2D eigenvalue weighted by atomic mass is 35.5. The van der Waals surface area contributed by atoms with Crippen LogP contribution in [-0.2, 0) is 4.79 Å². The number of carbonyl (C=O) groups is 1. The zero-order valence-corrected chi connectivity index (χ0v) is 15.9. The van der Waals surface area contributed by atoms with E-state index in [1.54, 1.807) is 31.2 Å². The van der Waals surface area contributed by atoms with Gasteiger partial charge in [0.1, 0.15) is 5.75 Å². The number of nitrogens with one attached hydrogen (secondary N) is 1. The summed E-state index contributed by atoms with van der Waals surface area (Å²) in [5.41, 5.74) is 2.38. The van der Waals surface area contributed by atoms with Gasteiger partial charge >= 0.3 is 0 Å². The Kier molecular flexibility index (Phi) is 7.38. The normalized spacial score (nSPS) is 10.8. The third kappa shape index (κ3) is 5.17. The second kappa shape index (κ2) is 9.52. The predicted molar refractivity (Wildman–Crippen MR) is 102 cm³/mol. The molecule has 0 unspecified atom stereocenters. The van der Waals surface area contributed by atoms with E-state index in [0.29, 0.717) is 17.4 Å². The van der Waals surface area contributed by atoms with Gasteiger partial charge in [0.2, 0.25) is 0 Å². The molecule has 2 N–H and O–H groups in total. The van der Waals surface area contributed by atoms with Crippen LogP contribution < -0.4 is 14.9 Å². The van der Waals surface area contributed by atoms with Gasteiger partial charge in [0.15, 0.2) is 18.1 Å². The average Bonchev–Trinajstić information content (AvgIpc) is 2.62. The van der Waals surface area contributed by atoms with Gasteiger partial charge in [-0.05, 0) is 19.1 Å². The number of benzene rings is 2. The number of aromatic hydroxyl groups is 1. The molecule has 0 radical (unpaired) electrons. The van der Waals surface area contributed by atoms with E-state index in [1.165, 1.54) is 12.3 Å². The smallest absolute Gasteiger partial charge is 0.277 e. The molecule has 2 rings (SSSR count). The van der Waals surface area contributed by atoms with E-state index in [1.807, 2.05) is 0 Å². The van der Waals surface area contributed by atoms with Crippen molar-refractivity contribution >= 4 is 46.9 Å². The number of phenolic OH excluding ortho intramolecular Hbond substituents is 1. The van der Waals surface area contributed by atoms with Crippen LogP contribution in [0.3, 0.4) is 0 Å². The van der Waals surface area contributed by atoms with Crippen LogP contribution in [0.2, 0.25) is 15.1 Å². The molecule has 26 heavy (non-hydrogen) atoms. The van der Waals surface area contributed by atoms with Gasteiger partial charge in [-0.1, -0.05) is 46.9 Å². The Morgan fingerprint density at radius 2 is 1.92 bits per heavy atom. The van der Waals surface area contributed by atoms with Crippen molar-refractivity contribution in [2.75, 3.05) is 13.2 Å². The fourth-order valence-electron chi connectivity index (χ4n) is 1.90. The minimum Gasteiger partial charge on any atom is -0.504 e. The first-order chi connectivity index (χ1) is 12.4. The SMILES string of the molecule is CCOc1cc(Cl)c(Cl)c(C=NNC(=O)COc2ccccc2Cl)c1O. The third-order valence-corrected chi connectivity index (χ3v) is 4.18. The maximum absolute atomic E-state index is 11.8. The first kappa shape index (κ1) is 20.2. The molecule has 2 aromatic rings. The van der Waals surface area contributed by atoms with Crippen LogP contribution in [0.15, 0.2) is 35.4 Å². The van der Waals surface area contributed by atoms with Crippen LogP contribution in [0.1, 0.15) is 12.5 Å². The summed E-state index contributed by atoms with van der Waals surface area (Å²) in [6.45, 7) is 1.80. The van der Waals surface area contributed by atoms with Crippen molar-refractivity contribution in [2.24, 2.45) is 5.10 Å². The summed E-state index contributed by atoms with van der Waals surface area (Å²) in [6.07, 6.45) is 1.17. The number of hydrazone groups is 1. The van der Waals surface area contributed by atoms with Crippen LogP contribution in [0.25, 0.3) is 0 Å². The molecule has 138 valence electrons. The number of phenols is 1. The number of hydrogen-bond donors (Lipinski definition) is 2. The Morgan fingerprint density at radius 1 is 1.19 bits per heavy atom. The quantitative estimate of drug-likeness (QED) is 0.520. The van der Waals surface area contributed by atoms with Crippen molar-refractivity contribution < 1.29 is 19.4 Å². The maximum Gasteiger partial charge on any atom is 0.277 e. The second-order valence-corrected chi connectivity index (χ2v) is 6.07. The number of nitrogens with zero attached hydrogens (tertiary/aromatic N) is 1. The van der Waals surface area contributed by atoms with Crippen molar-refractivity contribution in [1.82, 2.24) is 5.43 Å². The summed E-state index contributed by atoms with van der Waals surface area (Å²) in [6, 6.07) is 8.16. The van der Waals surface area contributed by atoms with E-state index in [-0.39, 0.29) is 33.7 Å². The number of hydrogen-bond acceptors (Lipinski definition) is 5. The number of para-hydroxylation sites is 1. The van der Waals surface area contributed by atoms with Crippen molar-refractivity contribution in [2.45, 2.75) is 6.92 Å². The summed E-state index contributed by atoms with van der Waals surface area (Å²) in [5, 5.41) is 14.6. The molecule has 2 aromatic carbocycles. The molecule has 6 nitrogen and oxygen atoms in total. The highest BCUT2D eigenvalue weighted by Gasteiger charge is 2.15. The summed E-state index contributed by atoms with van der Waals surface area (Å²) in [7, 11) is 0. The molecule has 0 aliphatic rings. The second-order valence-electron chi connectivity index (χ2n) is 4.88. The molecular formula is C17H15Cl3N2O4. The molecule has 0 fully saturated rings. The van der Waals surface area contributed by atoms with Gasteiger partial charge in [-0.3, -0.25) is 4.79 Å². The molecule has 0 aromatic heterocycles. The monoisotopic (exact) mass is 416 g/mol. The number of halogens is 3. The van der Waals surface area contributed by atoms with E-state index in [2.05, 4.69) is 10.5 Å². The number of carbonyl (C=O) groups excluding carboxylic acids is 1. The van der Waals surface area contributed by atoms with Gasteiger partial charge in [0.25, 0.3) is 5.91 Å². The van der Waals surface area contributed by atoms with E-state index in [4.69, 9.17) is 44.3 Å². The molecule has 0 saturated heterocycles. The van der Waals surface area contributed by atoms with Gasteiger partial charge in [0, 0.05) is 6.07 Å². The Hall–Kier alpha value is -2.15. The van der Waals surface area contributed by atoms with E-state index in [9.17, 15) is 9.90 Å². The van der Waals surface area contributed by atoms with Crippen molar-refractivity contribution in [3.63, 3.8) is 0 Å². The minimum atomic E-state index is -0.524. The van der Waals surface area contributed by atoms with E-state index >= 15 is 0 Å². The molecule has 0 bridgehead atoms. The average molecular weight is 418 g/mol. The van der Waals surface area contributed by atoms with Crippen LogP contribution in [0.5, 0.6) is 17.2 Å². The zero-order valence-electron chi connectivity index (χ0n) is 13.6. The fourth-order valence-corrected chi connectivity index (χ4v) is 2.49. The molecule has 1 amide bonds. The summed E-state index contributed by atoms with van der Waals surface area (Å²) < 4.78 is 10.5. The first-order valence-corrected chi connectivity index (χ1v) is 8.60. The number of amides is 1. The van der Waals surface area contributed by atoms with Gasteiger partial charge < -0.3 is 14.6 Å². The zero-order chi connectivity index (χ0) is 19.1. The molecule has 0 aliphatic carbocycles. The molecule has 0 saturated carbocycles. The van der Waals surface area contributed by atoms with Gasteiger partial charge in [-0.25, -0.2) is 5.43 Å². The Morgan fingerprint density at radius 3 is 2.62 bits per heavy atom. The van der Waals surface area contributed by atoms with Crippen LogP contribution in [0, 0.1) is 0 Å². The third-order valence-electron chi connectivity index (χ3n) is 3.07. The molecule has 0 aliphatic heterocycles. The molecule has 9 heteroatoms. The predicted octanol–water partition coefficient (Wildman–Crippen LogP) is 4.28. The van der Waals surface area contributed by atoms with Gasteiger partial charge in [-0.2, -0.15) is 5.10 Å². The maximum atomic E-state index is 11.8. The Bertz CT molecular complexity index is 828. The largest absolute Gasteiger partial charge is 0.504 e. The highest BCUT2D eigenvalue weighted by molar-refractivity contribution is 6.43. The van der Waals surface area contributed by atoms with E-state index < -0.39 is 5.91 Å². The van der Waals surface area contributed by atoms with E-state index in [0.717, 1.165) is 0 Å². The van der Waals surface area contributed by atoms with Crippen molar-refractivity contribution in [3.05, 3.63) is 51.0 Å². The lowest BCUT2D eigenvalue weighted by Crippen LogP contribution is -2.24. The van der Waals surface area contributed by atoms with Crippen LogP contribution in [-0.4, -0.2) is 30.4 Å². The topological polar surface area (TPSA) is 80.2 Å². The molecular weight excluding hydrogens is 403 g/mol. The summed E-state index contributed by atoms with van der Waals surface area (Å²) >= 11 is 18.0. The molecule has 0 heterocycles. The Balaban J connectivity index is 2.01. The summed E-state index contributed by atoms with van der Waals surface area (Å²) in [5.74, 6) is -0.211. The molecule has 0 spiro atoms. The number of rotatable bonds is 7. The van der Waals surface area contributed by atoms with Crippen LogP contribution in [0.4, 0.5) is 0 Å². The molecule has 0 atom stereocenters. The van der Waals surface area contributed by atoms with Crippen LogP contribution >= 0.6 is 34.8 Å². The van der Waals surface area contributed by atoms with Gasteiger partial charge in [-0.15, -0.1) is 0 Å². The van der Waals surface area contributed by atoms with Crippen molar-refractivity contribution in [3.8, 4) is 17.2 Å². The lowest BCUT2D eigenvalue weighted by atomic mass is 10.2. The lowest BCUT2D eigenvalue weighted by Gasteiger charge is -2.11. The summed E-state index contributed by atoms with van der Waals surface area (Å²) in [4.78, 5) is 11.8. The fraction of sp³-hybridized carbons (Fsp3) is 0.176. The van der Waals surface area contributed by atoms with Gasteiger partial charge in [0.05, 0.1) is 33.5 Å².